The summed E-state index contributed by atoms with van der Waals surface area (Å²) in [4.78, 5) is 38.1. The van der Waals surface area contributed by atoms with Crippen LogP contribution < -0.4 is 0 Å². The molecule has 0 aromatic heterocycles. The fraction of sp³-hybridized carbons (Fsp3) is 0.951. The molecule has 0 atom stereocenters. The summed E-state index contributed by atoms with van der Waals surface area (Å²) >= 11 is 0. The molecule has 398 valence electrons. The zero-order valence-electron chi connectivity index (χ0n) is 45.7. The van der Waals surface area contributed by atoms with E-state index in [0.717, 1.165) is 38.5 Å². The number of ether oxygens (including phenoxy) is 3. The van der Waals surface area contributed by atoms with Crippen LogP contribution in [0.25, 0.3) is 0 Å². The van der Waals surface area contributed by atoms with Gasteiger partial charge in [-0.2, -0.15) is 0 Å². The minimum Gasteiger partial charge on any atom is -0.465 e. The Kier molecular flexibility index (Phi) is 55.6. The van der Waals surface area contributed by atoms with Crippen LogP contribution in [0.2, 0.25) is 0 Å². The van der Waals surface area contributed by atoms with E-state index in [2.05, 4.69) is 20.8 Å². The summed E-state index contributed by atoms with van der Waals surface area (Å²) < 4.78 is 17.0. The Balaban J connectivity index is 4.28. The first kappa shape index (κ1) is 65.4. The van der Waals surface area contributed by atoms with Crippen molar-refractivity contribution in [1.82, 2.24) is 0 Å². The standard InChI is InChI=1S/C61H118O6/c1-4-7-10-13-16-19-22-25-28-31-34-37-40-43-46-49-52-59(62)65-55-58(56-66-60(63)53-50-47-44-41-38-35-32-29-26-23-20-17-14-11-8-5-2)57-67-61(64)54-51-48-45-42-39-36-33-30-27-24-21-18-15-12-9-6-3/h58H,4-57H2,1-3H3. The lowest BCUT2D eigenvalue weighted by Gasteiger charge is -2.17. The first-order valence-corrected chi connectivity index (χ1v) is 30.5. The number of carbonyl (C=O) groups excluding carboxylic acids is 3. The lowest BCUT2D eigenvalue weighted by molar-refractivity contribution is -0.153. The average Bonchev–Trinajstić information content (AvgIpc) is 3.33. The van der Waals surface area contributed by atoms with Crippen LogP contribution in [0.1, 0.15) is 348 Å². The van der Waals surface area contributed by atoms with Gasteiger partial charge < -0.3 is 14.2 Å². The van der Waals surface area contributed by atoms with Gasteiger partial charge >= 0.3 is 17.9 Å². The maximum Gasteiger partial charge on any atom is 0.305 e. The number of hydrogen-bond acceptors (Lipinski definition) is 6. The molecule has 0 rings (SSSR count). The van der Waals surface area contributed by atoms with Gasteiger partial charge in [0.15, 0.2) is 0 Å². The molecule has 0 saturated heterocycles. The van der Waals surface area contributed by atoms with Crippen molar-refractivity contribution >= 4 is 17.9 Å². The predicted molar refractivity (Wildman–Crippen MR) is 289 cm³/mol. The summed E-state index contributed by atoms with van der Waals surface area (Å²) in [5.41, 5.74) is 0. The monoisotopic (exact) mass is 947 g/mol. The van der Waals surface area contributed by atoms with Crippen LogP contribution in [0.3, 0.4) is 0 Å². The zero-order valence-corrected chi connectivity index (χ0v) is 45.7. The van der Waals surface area contributed by atoms with Crippen molar-refractivity contribution in [1.29, 1.82) is 0 Å². The molecule has 0 saturated carbocycles. The number of rotatable bonds is 57. The van der Waals surface area contributed by atoms with Crippen molar-refractivity contribution in [2.75, 3.05) is 19.8 Å². The summed E-state index contributed by atoms with van der Waals surface area (Å²) in [6.07, 6.45) is 63.6. The Morgan fingerprint density at radius 3 is 0.507 bits per heavy atom. The molecule has 0 bridgehead atoms. The van der Waals surface area contributed by atoms with Gasteiger partial charge in [-0.3, -0.25) is 14.4 Å². The normalized spacial score (nSPS) is 11.5. The third-order valence-corrected chi connectivity index (χ3v) is 14.1. The van der Waals surface area contributed by atoms with Gasteiger partial charge in [0, 0.05) is 19.3 Å². The fourth-order valence-electron chi connectivity index (χ4n) is 9.45. The van der Waals surface area contributed by atoms with Crippen LogP contribution in [-0.2, 0) is 28.6 Å². The van der Waals surface area contributed by atoms with E-state index in [1.165, 1.54) is 270 Å². The molecular weight excluding hydrogens is 829 g/mol. The Hall–Kier alpha value is -1.59. The van der Waals surface area contributed by atoms with Crippen LogP contribution >= 0.6 is 0 Å². The highest BCUT2D eigenvalue weighted by Crippen LogP contribution is 2.18. The third-order valence-electron chi connectivity index (χ3n) is 14.1. The number of unbranched alkanes of at least 4 members (excludes halogenated alkanes) is 45. The molecule has 67 heavy (non-hydrogen) atoms. The first-order valence-electron chi connectivity index (χ1n) is 30.5. The van der Waals surface area contributed by atoms with Gasteiger partial charge in [-0.05, 0) is 19.3 Å². The molecule has 0 unspecified atom stereocenters. The van der Waals surface area contributed by atoms with E-state index in [1.807, 2.05) is 0 Å². The van der Waals surface area contributed by atoms with E-state index < -0.39 is 0 Å². The average molecular weight is 948 g/mol. The molecule has 0 aliphatic rings. The molecule has 6 nitrogen and oxygen atoms in total. The molecule has 0 aromatic carbocycles. The Labute approximate surface area is 418 Å². The van der Waals surface area contributed by atoms with E-state index in [-0.39, 0.29) is 43.6 Å². The second-order valence-electron chi connectivity index (χ2n) is 21.1. The predicted octanol–water partition coefficient (Wildman–Crippen LogP) is 20.2. The van der Waals surface area contributed by atoms with Crippen LogP contribution in [0.15, 0.2) is 0 Å². The Morgan fingerprint density at radius 2 is 0.358 bits per heavy atom. The molecule has 6 heteroatoms. The van der Waals surface area contributed by atoms with Gasteiger partial charge in [-0.25, -0.2) is 0 Å². The van der Waals surface area contributed by atoms with Gasteiger partial charge in [-0.15, -0.1) is 0 Å². The van der Waals surface area contributed by atoms with Crippen LogP contribution in [0.5, 0.6) is 0 Å². The molecule has 0 amide bonds. The number of carbonyl (C=O) groups is 3. The summed E-state index contributed by atoms with van der Waals surface area (Å²) in [5, 5.41) is 0. The van der Waals surface area contributed by atoms with Crippen LogP contribution in [-0.4, -0.2) is 37.7 Å². The largest absolute Gasteiger partial charge is 0.465 e. The molecule has 0 aromatic rings. The minimum atomic E-state index is -0.348. The van der Waals surface area contributed by atoms with Crippen molar-refractivity contribution < 1.29 is 28.6 Å². The van der Waals surface area contributed by atoms with Crippen molar-refractivity contribution in [2.24, 2.45) is 5.92 Å². The topological polar surface area (TPSA) is 78.9 Å². The zero-order chi connectivity index (χ0) is 48.6. The van der Waals surface area contributed by atoms with E-state index in [0.29, 0.717) is 19.3 Å². The second kappa shape index (κ2) is 57.0. The van der Waals surface area contributed by atoms with Gasteiger partial charge in [0.1, 0.15) is 19.8 Å². The van der Waals surface area contributed by atoms with Crippen molar-refractivity contribution in [3.63, 3.8) is 0 Å². The lowest BCUT2D eigenvalue weighted by atomic mass is 10.0. The number of hydrogen-bond donors (Lipinski definition) is 0. The molecule has 0 aliphatic heterocycles. The summed E-state index contributed by atoms with van der Waals surface area (Å²) in [6.45, 7) is 7.17. The van der Waals surface area contributed by atoms with E-state index >= 15 is 0 Å². The van der Waals surface area contributed by atoms with Crippen LogP contribution in [0.4, 0.5) is 0 Å². The lowest BCUT2D eigenvalue weighted by Crippen LogP contribution is -2.26. The van der Waals surface area contributed by atoms with Gasteiger partial charge in [0.25, 0.3) is 0 Å². The highest BCUT2D eigenvalue weighted by atomic mass is 16.6. The third kappa shape index (κ3) is 55.2. The van der Waals surface area contributed by atoms with E-state index in [4.69, 9.17) is 14.2 Å². The molecule has 0 fully saturated rings. The summed E-state index contributed by atoms with van der Waals surface area (Å²) in [5.74, 6) is -0.989. The second-order valence-corrected chi connectivity index (χ2v) is 21.1. The van der Waals surface area contributed by atoms with E-state index in [1.54, 1.807) is 0 Å². The SMILES string of the molecule is CCCCCCCCCCCCCCCCCCC(=O)OCC(COC(=O)CCCCCCCCCCCCCCCCCC)COC(=O)CCCCCCCCCCCCCCCCCC. The summed E-state index contributed by atoms with van der Waals surface area (Å²) in [7, 11) is 0. The quantitative estimate of drug-likeness (QED) is 0.0343. The minimum absolute atomic E-state index is 0.107. The van der Waals surface area contributed by atoms with Crippen molar-refractivity contribution in [3.05, 3.63) is 0 Å². The first-order chi connectivity index (χ1) is 33.0. The molecule has 0 aliphatic carbocycles. The van der Waals surface area contributed by atoms with Crippen LogP contribution in [0, 0.1) is 5.92 Å². The molecule has 0 heterocycles. The maximum atomic E-state index is 12.7. The molecule has 0 radical (unpaired) electrons. The highest BCUT2D eigenvalue weighted by molar-refractivity contribution is 5.70. The van der Waals surface area contributed by atoms with Gasteiger partial charge in [-0.1, -0.05) is 310 Å². The van der Waals surface area contributed by atoms with Gasteiger partial charge in [0.2, 0.25) is 0 Å². The maximum absolute atomic E-state index is 12.7. The molecule has 0 N–H and O–H groups in total. The number of esters is 3. The van der Waals surface area contributed by atoms with Gasteiger partial charge in [0.05, 0.1) is 5.92 Å². The highest BCUT2D eigenvalue weighted by Gasteiger charge is 2.18. The molecular formula is C61H118O6. The Bertz CT molecular complexity index is 874. The molecule has 0 spiro atoms. The Morgan fingerprint density at radius 1 is 0.224 bits per heavy atom. The van der Waals surface area contributed by atoms with Crippen molar-refractivity contribution in [3.8, 4) is 0 Å². The summed E-state index contributed by atoms with van der Waals surface area (Å²) in [6, 6.07) is 0. The van der Waals surface area contributed by atoms with E-state index in [9.17, 15) is 14.4 Å². The van der Waals surface area contributed by atoms with Crippen molar-refractivity contribution in [2.45, 2.75) is 348 Å². The smallest absolute Gasteiger partial charge is 0.305 e. The fourth-order valence-corrected chi connectivity index (χ4v) is 9.45.